The first kappa shape index (κ1) is 7.80. The van der Waals surface area contributed by atoms with E-state index in [4.69, 9.17) is 0 Å². The van der Waals surface area contributed by atoms with E-state index in [0.29, 0.717) is 5.41 Å². The van der Waals surface area contributed by atoms with Crippen LogP contribution in [0.4, 0.5) is 0 Å². The van der Waals surface area contributed by atoms with Gasteiger partial charge in [0, 0.05) is 6.54 Å². The maximum absolute atomic E-state index is 3.67. The Labute approximate surface area is 63.5 Å². The van der Waals surface area contributed by atoms with Gasteiger partial charge in [-0.15, -0.1) is 6.58 Å². The van der Waals surface area contributed by atoms with Gasteiger partial charge in [-0.05, 0) is 31.2 Å². The fourth-order valence-corrected chi connectivity index (χ4v) is 0.984. The summed E-state index contributed by atoms with van der Waals surface area (Å²) in [6, 6.07) is 0. The molecule has 58 valence electrons. The molecule has 1 N–H and O–H groups in total. The van der Waals surface area contributed by atoms with Crippen molar-refractivity contribution < 1.29 is 0 Å². The molecule has 0 radical (unpaired) electrons. The van der Waals surface area contributed by atoms with Crippen LogP contribution in [-0.2, 0) is 0 Å². The maximum Gasteiger partial charge on any atom is 0.000529 e. The molecule has 0 unspecified atom stereocenters. The summed E-state index contributed by atoms with van der Waals surface area (Å²) in [5.41, 5.74) is 0.654. The zero-order valence-corrected chi connectivity index (χ0v) is 6.82. The third kappa shape index (κ3) is 2.53. The maximum atomic E-state index is 3.67. The Morgan fingerprint density at radius 1 is 1.60 bits per heavy atom. The van der Waals surface area contributed by atoms with Gasteiger partial charge >= 0.3 is 0 Å². The second-order valence-corrected chi connectivity index (χ2v) is 3.56. The van der Waals surface area contributed by atoms with Gasteiger partial charge in [-0.25, -0.2) is 0 Å². The van der Waals surface area contributed by atoms with E-state index in [0.717, 1.165) is 13.0 Å². The summed E-state index contributed by atoms with van der Waals surface area (Å²) in [5.74, 6) is 0. The molecule has 1 nitrogen and oxygen atoms in total. The first-order valence-electron chi connectivity index (χ1n) is 4.08. The van der Waals surface area contributed by atoms with Crippen molar-refractivity contribution in [2.75, 3.05) is 13.1 Å². The minimum absolute atomic E-state index is 0.654. The van der Waals surface area contributed by atoms with Gasteiger partial charge in [0.1, 0.15) is 0 Å². The largest absolute Gasteiger partial charge is 0.316 e. The molecule has 0 amide bonds. The van der Waals surface area contributed by atoms with Crippen LogP contribution in [0.5, 0.6) is 0 Å². The highest BCUT2D eigenvalue weighted by molar-refractivity contribution is 4.90. The van der Waals surface area contributed by atoms with Gasteiger partial charge in [-0.3, -0.25) is 0 Å². The summed E-state index contributed by atoms with van der Waals surface area (Å²) < 4.78 is 0. The second kappa shape index (κ2) is 3.20. The smallest absolute Gasteiger partial charge is 0.000529 e. The van der Waals surface area contributed by atoms with Crippen molar-refractivity contribution in [3.8, 4) is 0 Å². The van der Waals surface area contributed by atoms with Crippen LogP contribution in [0.2, 0.25) is 0 Å². The Bertz CT molecular complexity index is 114. The van der Waals surface area contributed by atoms with Gasteiger partial charge in [-0.1, -0.05) is 13.0 Å². The van der Waals surface area contributed by atoms with Crippen LogP contribution in [-0.4, -0.2) is 13.1 Å². The molecule has 1 aliphatic rings. The molecule has 1 aliphatic carbocycles. The molecule has 1 heteroatoms. The Hall–Kier alpha value is -0.300. The van der Waals surface area contributed by atoms with E-state index in [1.807, 2.05) is 6.08 Å². The summed E-state index contributed by atoms with van der Waals surface area (Å²) >= 11 is 0. The van der Waals surface area contributed by atoms with E-state index >= 15 is 0 Å². The van der Waals surface area contributed by atoms with E-state index in [1.165, 1.54) is 19.4 Å². The van der Waals surface area contributed by atoms with Gasteiger partial charge in [0.05, 0.1) is 0 Å². The van der Waals surface area contributed by atoms with Gasteiger partial charge in [-0.2, -0.15) is 0 Å². The molecule has 1 rings (SSSR count). The third-order valence-corrected chi connectivity index (χ3v) is 2.18. The van der Waals surface area contributed by atoms with Crippen LogP contribution in [0.15, 0.2) is 12.7 Å². The lowest BCUT2D eigenvalue weighted by atomic mass is 10.1. The summed E-state index contributed by atoms with van der Waals surface area (Å²) in [5, 5.41) is 3.42. The minimum atomic E-state index is 0.654. The van der Waals surface area contributed by atoms with Gasteiger partial charge in [0.2, 0.25) is 0 Å². The third-order valence-electron chi connectivity index (χ3n) is 2.18. The molecular formula is C9H17N. The van der Waals surface area contributed by atoms with Crippen LogP contribution in [0.3, 0.4) is 0 Å². The van der Waals surface area contributed by atoms with Crippen molar-refractivity contribution in [1.29, 1.82) is 0 Å². The lowest BCUT2D eigenvalue weighted by Gasteiger charge is -2.07. The van der Waals surface area contributed by atoms with E-state index < -0.39 is 0 Å². The van der Waals surface area contributed by atoms with Crippen molar-refractivity contribution in [2.24, 2.45) is 5.41 Å². The molecule has 0 aromatic rings. The van der Waals surface area contributed by atoms with Gasteiger partial charge < -0.3 is 5.32 Å². The fraction of sp³-hybridized carbons (Fsp3) is 0.778. The topological polar surface area (TPSA) is 12.0 Å². The Kier molecular flexibility index (Phi) is 2.50. The number of rotatable bonds is 5. The van der Waals surface area contributed by atoms with Crippen LogP contribution in [0, 0.1) is 5.41 Å². The predicted molar refractivity (Wildman–Crippen MR) is 45.0 cm³/mol. The van der Waals surface area contributed by atoms with Crippen LogP contribution >= 0.6 is 0 Å². The Morgan fingerprint density at radius 3 is 2.80 bits per heavy atom. The average molecular weight is 139 g/mol. The molecule has 1 fully saturated rings. The molecule has 0 aromatic heterocycles. The Balaban J connectivity index is 1.90. The molecule has 0 bridgehead atoms. The van der Waals surface area contributed by atoms with E-state index in [2.05, 4.69) is 18.8 Å². The summed E-state index contributed by atoms with van der Waals surface area (Å²) in [7, 11) is 0. The molecular weight excluding hydrogens is 122 g/mol. The predicted octanol–water partition coefficient (Wildman–Crippen LogP) is 1.95. The van der Waals surface area contributed by atoms with Crippen LogP contribution in [0.25, 0.3) is 0 Å². The van der Waals surface area contributed by atoms with Crippen molar-refractivity contribution in [3.05, 3.63) is 12.7 Å². The standard InChI is InChI=1S/C9H17N/c1-3-4-7-10-8-9(2)5-6-9/h3,10H,1,4-8H2,2H3. The Morgan fingerprint density at radius 2 is 2.30 bits per heavy atom. The highest BCUT2D eigenvalue weighted by Gasteiger charge is 2.36. The van der Waals surface area contributed by atoms with E-state index in [1.54, 1.807) is 0 Å². The van der Waals surface area contributed by atoms with Gasteiger partial charge in [0.15, 0.2) is 0 Å². The van der Waals surface area contributed by atoms with Crippen molar-refractivity contribution >= 4 is 0 Å². The minimum Gasteiger partial charge on any atom is -0.316 e. The fourth-order valence-electron chi connectivity index (χ4n) is 0.984. The normalized spacial score (nSPS) is 20.5. The van der Waals surface area contributed by atoms with E-state index in [9.17, 15) is 0 Å². The highest BCUT2D eigenvalue weighted by atomic mass is 14.9. The molecule has 0 aromatic carbocycles. The first-order valence-corrected chi connectivity index (χ1v) is 4.08. The molecule has 0 atom stereocenters. The monoisotopic (exact) mass is 139 g/mol. The van der Waals surface area contributed by atoms with Crippen LogP contribution < -0.4 is 5.32 Å². The first-order chi connectivity index (χ1) is 4.77. The summed E-state index contributed by atoms with van der Waals surface area (Å²) in [4.78, 5) is 0. The average Bonchev–Trinajstić information content (AvgIpc) is 2.62. The van der Waals surface area contributed by atoms with Crippen molar-refractivity contribution in [2.45, 2.75) is 26.2 Å². The molecule has 10 heavy (non-hydrogen) atoms. The molecule has 0 saturated heterocycles. The lowest BCUT2D eigenvalue weighted by molar-refractivity contribution is 0.504. The summed E-state index contributed by atoms with van der Waals surface area (Å²) in [6.07, 6.45) is 5.88. The lowest BCUT2D eigenvalue weighted by Crippen LogP contribution is -2.22. The SMILES string of the molecule is C=CCCNCC1(C)CC1. The van der Waals surface area contributed by atoms with Gasteiger partial charge in [0.25, 0.3) is 0 Å². The quantitative estimate of drug-likeness (QED) is 0.453. The second-order valence-electron chi connectivity index (χ2n) is 3.56. The van der Waals surface area contributed by atoms with E-state index in [-0.39, 0.29) is 0 Å². The zero-order valence-electron chi connectivity index (χ0n) is 6.82. The molecule has 1 saturated carbocycles. The molecule has 0 heterocycles. The van der Waals surface area contributed by atoms with Crippen molar-refractivity contribution in [3.63, 3.8) is 0 Å². The van der Waals surface area contributed by atoms with Crippen LogP contribution in [0.1, 0.15) is 26.2 Å². The zero-order chi connectivity index (χ0) is 7.45. The highest BCUT2D eigenvalue weighted by Crippen LogP contribution is 2.43. The van der Waals surface area contributed by atoms with Crippen molar-refractivity contribution in [1.82, 2.24) is 5.32 Å². The number of nitrogens with one attached hydrogen (secondary N) is 1. The summed E-state index contributed by atoms with van der Waals surface area (Å²) in [6.45, 7) is 8.30. The number of hydrogen-bond acceptors (Lipinski definition) is 1. The molecule has 0 spiro atoms. The number of hydrogen-bond donors (Lipinski definition) is 1. The molecule has 0 aliphatic heterocycles.